The highest BCUT2D eigenvalue weighted by atomic mass is 79.9. The molecule has 2 N–H and O–H groups in total. The zero-order valence-corrected chi connectivity index (χ0v) is 10.4. The number of thiophene rings is 1. The first-order chi connectivity index (χ1) is 7.02. The van der Waals surface area contributed by atoms with Gasteiger partial charge in [-0.1, -0.05) is 6.92 Å². The van der Waals surface area contributed by atoms with Crippen molar-refractivity contribution in [2.45, 2.75) is 6.92 Å². The molecule has 0 fully saturated rings. The average Bonchev–Trinajstić information content (AvgIpc) is 2.60. The molecule has 0 saturated carbocycles. The highest BCUT2D eigenvalue weighted by Gasteiger charge is 2.15. The van der Waals surface area contributed by atoms with Crippen molar-refractivity contribution in [3.8, 4) is 0 Å². The third-order valence-corrected chi connectivity index (χ3v) is 3.65. The fraction of sp³-hybridized carbons (Fsp3) is 0.333. The second-order valence-electron chi connectivity index (χ2n) is 3.05. The molecule has 1 atom stereocenters. The summed E-state index contributed by atoms with van der Waals surface area (Å²) < 4.78 is 0.730. The maximum atomic E-state index is 11.5. The van der Waals surface area contributed by atoms with Crippen molar-refractivity contribution in [3.05, 3.63) is 20.8 Å². The topological polar surface area (TPSA) is 66.4 Å². The standard InChI is InChI=1S/C9H10BrNO3S/c1-5(9(13)14)4-11-8(12)7-6(10)2-3-15-7/h2-3,5H,4H2,1H3,(H,11,12)(H,13,14)/t5-/m1/s1. The van der Waals surface area contributed by atoms with Crippen molar-refractivity contribution in [2.75, 3.05) is 6.54 Å². The lowest BCUT2D eigenvalue weighted by atomic mass is 10.2. The number of hydrogen-bond donors (Lipinski definition) is 2. The normalized spacial score (nSPS) is 12.1. The Kier molecular flexibility index (Phi) is 4.28. The van der Waals surface area contributed by atoms with Crippen LogP contribution in [0.25, 0.3) is 0 Å². The van der Waals surface area contributed by atoms with Crippen LogP contribution in [0, 0.1) is 5.92 Å². The molecule has 4 nitrogen and oxygen atoms in total. The van der Waals surface area contributed by atoms with E-state index in [0.717, 1.165) is 4.47 Å². The number of carboxylic acid groups (broad SMARTS) is 1. The van der Waals surface area contributed by atoms with Gasteiger partial charge in [-0.15, -0.1) is 11.3 Å². The minimum absolute atomic E-state index is 0.137. The van der Waals surface area contributed by atoms with Crippen molar-refractivity contribution in [1.29, 1.82) is 0 Å². The van der Waals surface area contributed by atoms with Crippen molar-refractivity contribution >= 4 is 39.1 Å². The SMILES string of the molecule is C[C@H](CNC(=O)c1sccc1Br)C(=O)O. The summed E-state index contributed by atoms with van der Waals surface area (Å²) in [5.41, 5.74) is 0. The van der Waals surface area contributed by atoms with Crippen LogP contribution in [0.15, 0.2) is 15.9 Å². The van der Waals surface area contributed by atoms with Crippen LogP contribution in [0.1, 0.15) is 16.6 Å². The van der Waals surface area contributed by atoms with E-state index in [2.05, 4.69) is 21.2 Å². The fourth-order valence-corrected chi connectivity index (χ4v) is 2.34. The zero-order valence-electron chi connectivity index (χ0n) is 7.99. The van der Waals surface area contributed by atoms with Gasteiger partial charge in [0.25, 0.3) is 5.91 Å². The molecule has 0 radical (unpaired) electrons. The van der Waals surface area contributed by atoms with E-state index in [1.807, 2.05) is 0 Å². The molecular formula is C9H10BrNO3S. The Balaban J connectivity index is 2.51. The van der Waals surface area contributed by atoms with Crippen LogP contribution in [0.4, 0.5) is 0 Å². The summed E-state index contributed by atoms with van der Waals surface area (Å²) in [7, 11) is 0. The van der Waals surface area contributed by atoms with Gasteiger partial charge in [-0.05, 0) is 27.4 Å². The molecule has 0 aliphatic carbocycles. The number of nitrogens with one attached hydrogen (secondary N) is 1. The lowest BCUT2D eigenvalue weighted by Gasteiger charge is -2.07. The fourth-order valence-electron chi connectivity index (χ4n) is 0.869. The van der Waals surface area contributed by atoms with Crippen molar-refractivity contribution < 1.29 is 14.7 Å². The first-order valence-corrected chi connectivity index (χ1v) is 5.93. The number of amides is 1. The molecule has 0 unspecified atom stereocenters. The minimum atomic E-state index is -0.916. The Labute approximate surface area is 99.4 Å². The molecule has 82 valence electrons. The van der Waals surface area contributed by atoms with E-state index in [1.165, 1.54) is 11.3 Å². The molecule has 0 bridgehead atoms. The monoisotopic (exact) mass is 291 g/mol. The predicted molar refractivity (Wildman–Crippen MR) is 61.2 cm³/mol. The number of aliphatic carboxylic acids is 1. The van der Waals surface area contributed by atoms with Gasteiger partial charge in [0.15, 0.2) is 0 Å². The van der Waals surface area contributed by atoms with Crippen molar-refractivity contribution in [1.82, 2.24) is 5.32 Å². The van der Waals surface area contributed by atoms with Crippen LogP contribution in [-0.2, 0) is 4.79 Å². The maximum absolute atomic E-state index is 11.5. The summed E-state index contributed by atoms with van der Waals surface area (Å²) in [4.78, 5) is 22.6. The van der Waals surface area contributed by atoms with Gasteiger partial charge < -0.3 is 10.4 Å². The second kappa shape index (κ2) is 5.27. The Morgan fingerprint density at radius 1 is 1.67 bits per heavy atom. The predicted octanol–water partition coefficient (Wildman–Crippen LogP) is 1.96. The van der Waals surface area contributed by atoms with Gasteiger partial charge >= 0.3 is 5.97 Å². The zero-order chi connectivity index (χ0) is 11.4. The molecule has 6 heteroatoms. The smallest absolute Gasteiger partial charge is 0.308 e. The second-order valence-corrected chi connectivity index (χ2v) is 4.82. The largest absolute Gasteiger partial charge is 0.481 e. The Bertz CT molecular complexity index is 377. The number of rotatable bonds is 4. The van der Waals surface area contributed by atoms with Crippen LogP contribution in [-0.4, -0.2) is 23.5 Å². The van der Waals surface area contributed by atoms with Gasteiger partial charge in [0.1, 0.15) is 4.88 Å². The van der Waals surface area contributed by atoms with Gasteiger partial charge in [0.05, 0.1) is 5.92 Å². The van der Waals surface area contributed by atoms with Gasteiger partial charge in [0.2, 0.25) is 0 Å². The summed E-state index contributed by atoms with van der Waals surface area (Å²) in [5.74, 6) is -1.74. The molecule has 1 heterocycles. The first-order valence-electron chi connectivity index (χ1n) is 4.26. The third-order valence-electron chi connectivity index (χ3n) is 1.81. The minimum Gasteiger partial charge on any atom is -0.481 e. The van der Waals surface area contributed by atoms with Crippen LogP contribution >= 0.6 is 27.3 Å². The summed E-state index contributed by atoms with van der Waals surface area (Å²) in [5, 5.41) is 13.0. The van der Waals surface area contributed by atoms with E-state index < -0.39 is 11.9 Å². The molecule has 1 rings (SSSR count). The van der Waals surface area contributed by atoms with Crippen LogP contribution in [0.2, 0.25) is 0 Å². The van der Waals surface area contributed by atoms with E-state index in [9.17, 15) is 9.59 Å². The molecule has 0 aliphatic heterocycles. The summed E-state index contributed by atoms with van der Waals surface area (Å²) in [6.45, 7) is 1.69. The van der Waals surface area contributed by atoms with E-state index in [4.69, 9.17) is 5.11 Å². The molecule has 15 heavy (non-hydrogen) atoms. The Morgan fingerprint density at radius 3 is 2.80 bits per heavy atom. The van der Waals surface area contributed by atoms with Crippen LogP contribution < -0.4 is 5.32 Å². The third kappa shape index (κ3) is 3.32. The lowest BCUT2D eigenvalue weighted by Crippen LogP contribution is -2.31. The number of hydrogen-bond acceptors (Lipinski definition) is 3. The van der Waals surface area contributed by atoms with Crippen LogP contribution in [0.3, 0.4) is 0 Å². The quantitative estimate of drug-likeness (QED) is 0.891. The molecule has 0 spiro atoms. The molecular weight excluding hydrogens is 282 g/mol. The van der Waals surface area contributed by atoms with E-state index >= 15 is 0 Å². The summed E-state index contributed by atoms with van der Waals surface area (Å²) in [6.07, 6.45) is 0. The molecule has 0 aromatic carbocycles. The van der Waals surface area contributed by atoms with Crippen LogP contribution in [0.5, 0.6) is 0 Å². The van der Waals surface area contributed by atoms with E-state index in [0.29, 0.717) is 4.88 Å². The average molecular weight is 292 g/mol. The molecule has 1 aromatic heterocycles. The maximum Gasteiger partial charge on any atom is 0.308 e. The van der Waals surface area contributed by atoms with Crippen molar-refractivity contribution in [2.24, 2.45) is 5.92 Å². The van der Waals surface area contributed by atoms with Gasteiger partial charge in [-0.25, -0.2) is 0 Å². The highest BCUT2D eigenvalue weighted by Crippen LogP contribution is 2.22. The molecule has 1 amide bonds. The molecule has 1 aromatic rings. The number of carboxylic acids is 1. The number of carbonyl (C=O) groups is 2. The van der Waals surface area contributed by atoms with Gasteiger partial charge in [-0.2, -0.15) is 0 Å². The highest BCUT2D eigenvalue weighted by molar-refractivity contribution is 9.10. The van der Waals surface area contributed by atoms with Crippen molar-refractivity contribution in [3.63, 3.8) is 0 Å². The van der Waals surface area contributed by atoms with E-state index in [1.54, 1.807) is 18.4 Å². The lowest BCUT2D eigenvalue weighted by molar-refractivity contribution is -0.140. The van der Waals surface area contributed by atoms with Gasteiger partial charge in [0, 0.05) is 11.0 Å². The summed E-state index contributed by atoms with van der Waals surface area (Å²) >= 11 is 4.55. The summed E-state index contributed by atoms with van der Waals surface area (Å²) in [6, 6.07) is 1.78. The Morgan fingerprint density at radius 2 is 2.33 bits per heavy atom. The van der Waals surface area contributed by atoms with Gasteiger partial charge in [-0.3, -0.25) is 9.59 Å². The molecule has 0 saturated heterocycles. The van der Waals surface area contributed by atoms with E-state index in [-0.39, 0.29) is 12.5 Å². The first kappa shape index (κ1) is 12.2. The number of halogens is 1. The Hall–Kier alpha value is -0.880. The molecule has 0 aliphatic rings. The number of carbonyl (C=O) groups excluding carboxylic acids is 1.